The van der Waals surface area contributed by atoms with Gasteiger partial charge in [-0.1, -0.05) is 6.07 Å². The van der Waals surface area contributed by atoms with E-state index >= 15 is 0 Å². The van der Waals surface area contributed by atoms with Gasteiger partial charge >= 0.3 is 11.8 Å². The van der Waals surface area contributed by atoms with Crippen LogP contribution in [0.1, 0.15) is 11.1 Å². The highest BCUT2D eigenvalue weighted by molar-refractivity contribution is 6.34. The van der Waals surface area contributed by atoms with Crippen LogP contribution < -0.4 is 10.5 Å². The van der Waals surface area contributed by atoms with Crippen LogP contribution in [-0.4, -0.2) is 35.9 Å². The van der Waals surface area contributed by atoms with Gasteiger partial charge in [0.05, 0.1) is 24.7 Å². The van der Waals surface area contributed by atoms with Crippen molar-refractivity contribution in [2.75, 3.05) is 13.1 Å². The number of aryl methyl sites for hydroxylation is 1. The Bertz CT molecular complexity index is 571. The quantitative estimate of drug-likeness (QED) is 0.752. The van der Waals surface area contributed by atoms with E-state index in [0.29, 0.717) is 24.4 Å². The van der Waals surface area contributed by atoms with Gasteiger partial charge in [0.25, 0.3) is 0 Å². The van der Waals surface area contributed by atoms with Gasteiger partial charge < -0.3 is 15.4 Å². The second-order valence-corrected chi connectivity index (χ2v) is 4.41. The highest BCUT2D eigenvalue weighted by Gasteiger charge is 2.34. The third-order valence-electron chi connectivity index (χ3n) is 2.96. The standard InChI is InChI=1S/C13H13N3O3/c1-8-2-3-9(5-14)4-11(8)19-10-6-16(7-10)13(18)12(15)17/h2-4,10H,6-7H2,1H3,(H2,15,17). The van der Waals surface area contributed by atoms with Crippen molar-refractivity contribution in [2.24, 2.45) is 5.73 Å². The van der Waals surface area contributed by atoms with E-state index in [1.54, 1.807) is 18.2 Å². The number of ether oxygens (including phenoxy) is 1. The van der Waals surface area contributed by atoms with E-state index in [1.165, 1.54) is 4.90 Å². The van der Waals surface area contributed by atoms with Gasteiger partial charge in [0.1, 0.15) is 11.9 Å². The van der Waals surface area contributed by atoms with Gasteiger partial charge in [-0.3, -0.25) is 9.59 Å². The van der Waals surface area contributed by atoms with Crippen molar-refractivity contribution in [3.8, 4) is 11.8 Å². The maximum atomic E-state index is 11.2. The first-order valence-corrected chi connectivity index (χ1v) is 5.77. The molecule has 0 bridgehead atoms. The molecule has 0 atom stereocenters. The highest BCUT2D eigenvalue weighted by atomic mass is 16.5. The van der Waals surface area contributed by atoms with Crippen molar-refractivity contribution in [1.82, 2.24) is 4.90 Å². The first-order chi connectivity index (χ1) is 9.01. The third-order valence-corrected chi connectivity index (χ3v) is 2.96. The molecule has 2 N–H and O–H groups in total. The molecule has 1 aromatic carbocycles. The molecule has 0 unspecified atom stereocenters. The summed E-state index contributed by atoms with van der Waals surface area (Å²) in [6, 6.07) is 7.22. The van der Waals surface area contributed by atoms with Gasteiger partial charge in [0, 0.05) is 0 Å². The largest absolute Gasteiger partial charge is 0.486 e. The number of amides is 2. The number of carbonyl (C=O) groups is 2. The van der Waals surface area contributed by atoms with E-state index in [-0.39, 0.29) is 6.10 Å². The molecule has 1 aromatic rings. The normalized spacial score (nSPS) is 14.4. The lowest BCUT2D eigenvalue weighted by Crippen LogP contribution is -2.58. The van der Waals surface area contributed by atoms with Gasteiger partial charge in [-0.05, 0) is 24.6 Å². The van der Waals surface area contributed by atoms with Gasteiger partial charge in [-0.2, -0.15) is 5.26 Å². The smallest absolute Gasteiger partial charge is 0.311 e. The molecule has 98 valence electrons. The molecule has 1 saturated heterocycles. The lowest BCUT2D eigenvalue weighted by atomic mass is 10.1. The third kappa shape index (κ3) is 2.65. The topological polar surface area (TPSA) is 96.4 Å². The number of primary amides is 1. The first kappa shape index (κ1) is 12.9. The van der Waals surface area contributed by atoms with Crippen LogP contribution in [0.2, 0.25) is 0 Å². The second-order valence-electron chi connectivity index (χ2n) is 4.41. The minimum atomic E-state index is -0.957. The van der Waals surface area contributed by atoms with Crippen LogP contribution in [0.5, 0.6) is 5.75 Å². The number of hydrogen-bond acceptors (Lipinski definition) is 4. The van der Waals surface area contributed by atoms with Crippen LogP contribution in [0.25, 0.3) is 0 Å². The molecule has 1 heterocycles. The van der Waals surface area contributed by atoms with Crippen molar-refractivity contribution in [3.05, 3.63) is 29.3 Å². The molecule has 2 rings (SSSR count). The van der Waals surface area contributed by atoms with E-state index in [4.69, 9.17) is 15.7 Å². The van der Waals surface area contributed by atoms with E-state index in [1.807, 2.05) is 13.0 Å². The summed E-state index contributed by atoms with van der Waals surface area (Å²) in [5, 5.41) is 8.82. The molecule has 19 heavy (non-hydrogen) atoms. The second kappa shape index (κ2) is 4.98. The Morgan fingerprint density at radius 2 is 2.16 bits per heavy atom. The van der Waals surface area contributed by atoms with Crippen LogP contribution in [0.4, 0.5) is 0 Å². The predicted octanol–water partition coefficient (Wildman–Crippen LogP) is -0.0584. The molecule has 1 aliphatic rings. The Kier molecular flexibility index (Phi) is 3.38. The number of nitrogens with two attached hydrogens (primary N) is 1. The monoisotopic (exact) mass is 259 g/mol. The Balaban J connectivity index is 1.96. The molecule has 0 saturated carbocycles. The number of likely N-dealkylation sites (tertiary alicyclic amines) is 1. The number of nitriles is 1. The molecule has 0 aliphatic carbocycles. The van der Waals surface area contributed by atoms with Gasteiger partial charge in [-0.15, -0.1) is 0 Å². The summed E-state index contributed by atoms with van der Waals surface area (Å²) in [6.45, 7) is 2.54. The van der Waals surface area contributed by atoms with Crippen LogP contribution in [0.3, 0.4) is 0 Å². The average Bonchev–Trinajstić information content (AvgIpc) is 2.34. The average molecular weight is 259 g/mol. The van der Waals surface area contributed by atoms with E-state index in [2.05, 4.69) is 0 Å². The van der Waals surface area contributed by atoms with Crippen molar-refractivity contribution in [2.45, 2.75) is 13.0 Å². The van der Waals surface area contributed by atoms with Crippen molar-refractivity contribution >= 4 is 11.8 Å². The molecule has 0 radical (unpaired) electrons. The summed E-state index contributed by atoms with van der Waals surface area (Å²) in [6.07, 6.45) is -0.170. The molecule has 2 amide bonds. The number of rotatable bonds is 2. The SMILES string of the molecule is Cc1ccc(C#N)cc1OC1CN(C(=O)C(N)=O)C1. The summed E-state index contributed by atoms with van der Waals surface area (Å²) in [5.41, 5.74) is 6.33. The molecular formula is C13H13N3O3. The van der Waals surface area contributed by atoms with Crippen LogP contribution in [-0.2, 0) is 9.59 Å². The number of hydrogen-bond donors (Lipinski definition) is 1. The fourth-order valence-corrected chi connectivity index (χ4v) is 1.81. The summed E-state index contributed by atoms with van der Waals surface area (Å²) in [4.78, 5) is 23.3. The van der Waals surface area contributed by atoms with Crippen molar-refractivity contribution in [3.63, 3.8) is 0 Å². The summed E-state index contributed by atoms with van der Waals surface area (Å²) >= 11 is 0. The van der Waals surface area contributed by atoms with E-state index in [0.717, 1.165) is 5.56 Å². The molecule has 1 fully saturated rings. The predicted molar refractivity (Wildman–Crippen MR) is 66.1 cm³/mol. The Morgan fingerprint density at radius 3 is 2.74 bits per heavy atom. The van der Waals surface area contributed by atoms with Crippen LogP contribution in [0, 0.1) is 18.3 Å². The van der Waals surface area contributed by atoms with Crippen LogP contribution in [0.15, 0.2) is 18.2 Å². The van der Waals surface area contributed by atoms with Gasteiger partial charge in [0.15, 0.2) is 0 Å². The summed E-state index contributed by atoms with van der Waals surface area (Å²) < 4.78 is 5.69. The highest BCUT2D eigenvalue weighted by Crippen LogP contribution is 2.23. The maximum absolute atomic E-state index is 11.2. The van der Waals surface area contributed by atoms with Gasteiger partial charge in [-0.25, -0.2) is 0 Å². The molecule has 1 aliphatic heterocycles. The maximum Gasteiger partial charge on any atom is 0.311 e. The number of benzene rings is 1. The number of carbonyl (C=O) groups excluding carboxylic acids is 2. The Labute approximate surface area is 110 Å². The number of nitrogens with zero attached hydrogens (tertiary/aromatic N) is 2. The lowest BCUT2D eigenvalue weighted by molar-refractivity contribution is -0.150. The Morgan fingerprint density at radius 1 is 1.47 bits per heavy atom. The zero-order chi connectivity index (χ0) is 14.0. The minimum absolute atomic E-state index is 0.170. The minimum Gasteiger partial charge on any atom is -0.486 e. The summed E-state index contributed by atoms with van der Waals surface area (Å²) in [5.74, 6) is -1.03. The van der Waals surface area contributed by atoms with E-state index < -0.39 is 11.8 Å². The molecule has 0 spiro atoms. The van der Waals surface area contributed by atoms with Gasteiger partial charge in [0.2, 0.25) is 0 Å². The zero-order valence-corrected chi connectivity index (χ0v) is 10.4. The van der Waals surface area contributed by atoms with Crippen molar-refractivity contribution in [1.29, 1.82) is 5.26 Å². The lowest BCUT2D eigenvalue weighted by Gasteiger charge is -2.38. The van der Waals surface area contributed by atoms with Crippen LogP contribution >= 0.6 is 0 Å². The van der Waals surface area contributed by atoms with E-state index in [9.17, 15) is 9.59 Å². The van der Waals surface area contributed by atoms with Crippen molar-refractivity contribution < 1.29 is 14.3 Å². The molecule has 6 nitrogen and oxygen atoms in total. The zero-order valence-electron chi connectivity index (χ0n) is 10.4. The Hall–Kier alpha value is -2.55. The fourth-order valence-electron chi connectivity index (χ4n) is 1.81. The first-order valence-electron chi connectivity index (χ1n) is 5.77. The summed E-state index contributed by atoms with van der Waals surface area (Å²) in [7, 11) is 0. The molecule has 6 heteroatoms. The molecule has 0 aromatic heterocycles. The fraction of sp³-hybridized carbons (Fsp3) is 0.308. The molecular weight excluding hydrogens is 246 g/mol.